The maximum atomic E-state index is 12.6. The number of amides is 1. The molecule has 0 aromatic heterocycles. The Morgan fingerprint density at radius 3 is 2.32 bits per heavy atom. The lowest BCUT2D eigenvalue weighted by Gasteiger charge is -2.31. The van der Waals surface area contributed by atoms with Gasteiger partial charge < -0.3 is 10.4 Å². The first kappa shape index (κ1) is 14.1. The highest BCUT2D eigenvalue weighted by Crippen LogP contribution is 2.40. The lowest BCUT2D eigenvalue weighted by atomic mass is 9.85. The number of carboxylic acids is 1. The Morgan fingerprint density at radius 1 is 1.11 bits per heavy atom. The van der Waals surface area contributed by atoms with E-state index in [2.05, 4.69) is 5.32 Å². The van der Waals surface area contributed by atoms with E-state index in [-0.39, 0.29) is 19.3 Å². The number of carbonyl (C=O) groups is 2. The van der Waals surface area contributed by atoms with E-state index < -0.39 is 41.8 Å². The van der Waals surface area contributed by atoms with Gasteiger partial charge in [-0.3, -0.25) is 9.59 Å². The van der Waals surface area contributed by atoms with Gasteiger partial charge in [-0.1, -0.05) is 6.42 Å². The summed E-state index contributed by atoms with van der Waals surface area (Å²) in [5, 5.41) is 11.3. The molecule has 4 atom stereocenters. The van der Waals surface area contributed by atoms with Gasteiger partial charge in [-0.2, -0.15) is 13.2 Å². The molecule has 2 aliphatic rings. The van der Waals surface area contributed by atoms with Gasteiger partial charge in [-0.05, 0) is 25.7 Å². The zero-order chi connectivity index (χ0) is 14.2. The predicted molar refractivity (Wildman–Crippen MR) is 59.2 cm³/mol. The van der Waals surface area contributed by atoms with Crippen LogP contribution >= 0.6 is 0 Å². The highest BCUT2D eigenvalue weighted by molar-refractivity contribution is 5.89. The van der Waals surface area contributed by atoms with Crippen molar-refractivity contribution in [3.05, 3.63) is 0 Å². The second kappa shape index (κ2) is 5.02. The highest BCUT2D eigenvalue weighted by atomic mass is 19.4. The van der Waals surface area contributed by atoms with E-state index in [9.17, 15) is 22.8 Å². The molecule has 0 bridgehead atoms. The fourth-order valence-corrected chi connectivity index (χ4v) is 2.68. The van der Waals surface area contributed by atoms with Gasteiger partial charge in [0.2, 0.25) is 5.91 Å². The third kappa shape index (κ3) is 3.39. The average Bonchev–Trinajstić information content (AvgIpc) is 3.08. The Kier molecular flexibility index (Phi) is 3.73. The maximum Gasteiger partial charge on any atom is 0.391 e. The third-order valence-corrected chi connectivity index (χ3v) is 3.93. The van der Waals surface area contributed by atoms with Gasteiger partial charge in [0.15, 0.2) is 0 Å². The van der Waals surface area contributed by atoms with Crippen LogP contribution in [0.15, 0.2) is 0 Å². The van der Waals surface area contributed by atoms with Gasteiger partial charge in [0.25, 0.3) is 0 Å². The fourth-order valence-electron chi connectivity index (χ4n) is 2.68. The van der Waals surface area contributed by atoms with Crippen molar-refractivity contribution >= 4 is 11.9 Å². The number of alkyl halides is 3. The van der Waals surface area contributed by atoms with Crippen LogP contribution in [0.4, 0.5) is 13.2 Å². The second-order valence-corrected chi connectivity index (χ2v) is 5.40. The summed E-state index contributed by atoms with van der Waals surface area (Å²) in [7, 11) is 0. The van der Waals surface area contributed by atoms with Gasteiger partial charge in [-0.15, -0.1) is 0 Å². The Balaban J connectivity index is 1.83. The van der Waals surface area contributed by atoms with E-state index in [1.54, 1.807) is 0 Å². The molecule has 0 aromatic rings. The molecule has 2 aliphatic carbocycles. The second-order valence-electron chi connectivity index (χ2n) is 5.40. The average molecular weight is 279 g/mol. The molecule has 0 radical (unpaired) electrons. The van der Waals surface area contributed by atoms with Crippen LogP contribution in [-0.2, 0) is 9.59 Å². The van der Waals surface area contributed by atoms with Gasteiger partial charge in [0, 0.05) is 6.04 Å². The summed E-state index contributed by atoms with van der Waals surface area (Å²) >= 11 is 0. The van der Waals surface area contributed by atoms with Crippen molar-refractivity contribution in [1.82, 2.24) is 5.32 Å². The topological polar surface area (TPSA) is 66.4 Å². The fraction of sp³-hybridized carbons (Fsp3) is 0.833. The number of rotatable bonds is 3. The van der Waals surface area contributed by atoms with E-state index >= 15 is 0 Å². The summed E-state index contributed by atoms with van der Waals surface area (Å²) in [6, 6.07) is -0.483. The summed E-state index contributed by atoms with van der Waals surface area (Å²) in [6.45, 7) is 0. The highest BCUT2D eigenvalue weighted by Gasteiger charge is 2.49. The Hall–Kier alpha value is -1.27. The zero-order valence-corrected chi connectivity index (χ0v) is 10.2. The first-order chi connectivity index (χ1) is 8.79. The van der Waals surface area contributed by atoms with E-state index in [1.807, 2.05) is 0 Å². The van der Waals surface area contributed by atoms with Gasteiger partial charge in [0.05, 0.1) is 17.8 Å². The monoisotopic (exact) mass is 279 g/mol. The lowest BCUT2D eigenvalue weighted by molar-refractivity contribution is -0.184. The number of carboxylic acid groups (broad SMARTS) is 1. The number of nitrogens with one attached hydrogen (secondary N) is 1. The molecular weight excluding hydrogens is 263 g/mol. The van der Waals surface area contributed by atoms with Crippen LogP contribution in [0, 0.1) is 17.8 Å². The minimum atomic E-state index is -4.22. The summed E-state index contributed by atoms with van der Waals surface area (Å²) in [5.74, 6) is -4.02. The van der Waals surface area contributed by atoms with Crippen molar-refractivity contribution in [3.63, 3.8) is 0 Å². The first-order valence-corrected chi connectivity index (χ1v) is 6.39. The summed E-state index contributed by atoms with van der Waals surface area (Å²) < 4.78 is 37.8. The van der Waals surface area contributed by atoms with Gasteiger partial charge in [0.1, 0.15) is 0 Å². The van der Waals surface area contributed by atoms with Crippen molar-refractivity contribution in [2.75, 3.05) is 0 Å². The molecule has 0 aromatic carbocycles. The molecule has 0 aliphatic heterocycles. The molecule has 19 heavy (non-hydrogen) atoms. The van der Waals surface area contributed by atoms with Gasteiger partial charge >= 0.3 is 12.1 Å². The van der Waals surface area contributed by atoms with Crippen LogP contribution < -0.4 is 5.32 Å². The van der Waals surface area contributed by atoms with Crippen LogP contribution in [-0.4, -0.2) is 29.2 Å². The Bertz CT molecular complexity index is 383. The largest absolute Gasteiger partial charge is 0.481 e. The van der Waals surface area contributed by atoms with Crippen molar-refractivity contribution in [2.24, 2.45) is 17.8 Å². The smallest absolute Gasteiger partial charge is 0.391 e. The SMILES string of the molecule is O=C(N[C@@H]1CCC[C@@H](C(F)(F)F)C1)[C@H]1C[C@H]1C(=O)O. The van der Waals surface area contributed by atoms with E-state index in [1.165, 1.54) is 0 Å². The molecule has 2 saturated carbocycles. The molecule has 0 saturated heterocycles. The van der Waals surface area contributed by atoms with E-state index in [0.717, 1.165) is 0 Å². The molecule has 2 fully saturated rings. The number of hydrogen-bond acceptors (Lipinski definition) is 2. The van der Waals surface area contributed by atoms with Crippen molar-refractivity contribution < 1.29 is 27.9 Å². The van der Waals surface area contributed by atoms with Crippen molar-refractivity contribution in [2.45, 2.75) is 44.3 Å². The van der Waals surface area contributed by atoms with Crippen LogP contribution in [0.2, 0.25) is 0 Å². The molecule has 108 valence electrons. The quantitative estimate of drug-likeness (QED) is 0.829. The minimum Gasteiger partial charge on any atom is -0.481 e. The van der Waals surface area contributed by atoms with E-state index in [0.29, 0.717) is 12.8 Å². The number of hydrogen-bond donors (Lipinski definition) is 2. The predicted octanol–water partition coefficient (Wildman–Crippen LogP) is 1.94. The first-order valence-electron chi connectivity index (χ1n) is 6.39. The Morgan fingerprint density at radius 2 is 1.79 bits per heavy atom. The zero-order valence-electron chi connectivity index (χ0n) is 10.2. The summed E-state index contributed by atoms with van der Waals surface area (Å²) in [6.07, 6.45) is -2.95. The molecule has 0 heterocycles. The Labute approximate surface area is 108 Å². The molecular formula is C12H16F3NO3. The molecule has 2 rings (SSSR count). The van der Waals surface area contributed by atoms with Crippen LogP contribution in [0.5, 0.6) is 0 Å². The third-order valence-electron chi connectivity index (χ3n) is 3.93. The normalized spacial score (nSPS) is 34.7. The van der Waals surface area contributed by atoms with Crippen LogP contribution in [0.1, 0.15) is 32.1 Å². The number of aliphatic carboxylic acids is 1. The molecule has 2 N–H and O–H groups in total. The summed E-state index contributed by atoms with van der Waals surface area (Å²) in [5.41, 5.74) is 0. The van der Waals surface area contributed by atoms with Crippen LogP contribution in [0.25, 0.3) is 0 Å². The molecule has 1 amide bonds. The summed E-state index contributed by atoms with van der Waals surface area (Å²) in [4.78, 5) is 22.3. The lowest BCUT2D eigenvalue weighted by Crippen LogP contribution is -2.42. The molecule has 0 unspecified atom stereocenters. The number of carbonyl (C=O) groups excluding carboxylic acids is 1. The minimum absolute atomic E-state index is 0.0975. The van der Waals surface area contributed by atoms with Gasteiger partial charge in [-0.25, -0.2) is 0 Å². The number of halogens is 3. The standard InChI is InChI=1S/C12H16F3NO3/c13-12(14,15)6-2-1-3-7(4-6)16-10(17)8-5-9(8)11(18)19/h6-9H,1-5H2,(H,16,17)(H,18,19)/t6-,7-,8+,9-/m1/s1. The van der Waals surface area contributed by atoms with Crippen molar-refractivity contribution in [1.29, 1.82) is 0 Å². The maximum absolute atomic E-state index is 12.6. The molecule has 4 nitrogen and oxygen atoms in total. The molecule has 0 spiro atoms. The van der Waals surface area contributed by atoms with E-state index in [4.69, 9.17) is 5.11 Å². The van der Waals surface area contributed by atoms with Crippen LogP contribution in [0.3, 0.4) is 0 Å². The molecule has 7 heteroatoms. The van der Waals surface area contributed by atoms with Crippen molar-refractivity contribution in [3.8, 4) is 0 Å².